The van der Waals surface area contributed by atoms with Gasteiger partial charge in [-0.15, -0.1) is 0 Å². The predicted octanol–water partition coefficient (Wildman–Crippen LogP) is 1.43. The third-order valence-electron chi connectivity index (χ3n) is 4.03. The van der Waals surface area contributed by atoms with Gasteiger partial charge in [0.1, 0.15) is 0 Å². The highest BCUT2D eigenvalue weighted by atomic mass is 16.6. The van der Waals surface area contributed by atoms with Crippen LogP contribution in [0.5, 0.6) is 0 Å². The van der Waals surface area contributed by atoms with Crippen molar-refractivity contribution in [2.24, 2.45) is 5.92 Å². The van der Waals surface area contributed by atoms with Gasteiger partial charge in [-0.2, -0.15) is 0 Å². The maximum Gasteiger partial charge on any atom is 0.168 e. The van der Waals surface area contributed by atoms with Gasteiger partial charge in [0.15, 0.2) is 5.79 Å². The molecule has 82 valence electrons. The molecule has 14 heavy (non-hydrogen) atoms. The van der Waals surface area contributed by atoms with Crippen LogP contribution in [0.15, 0.2) is 0 Å². The van der Waals surface area contributed by atoms with Crippen LogP contribution in [0, 0.1) is 5.92 Å². The molecule has 0 radical (unpaired) electrons. The van der Waals surface area contributed by atoms with Gasteiger partial charge in [-0.3, -0.25) is 0 Å². The molecule has 0 unspecified atom stereocenters. The third kappa shape index (κ3) is 1.47. The van der Waals surface area contributed by atoms with Crippen molar-refractivity contribution < 1.29 is 14.9 Å². The zero-order valence-electron chi connectivity index (χ0n) is 8.99. The van der Waals surface area contributed by atoms with Gasteiger partial charge < -0.3 is 14.9 Å². The topological polar surface area (TPSA) is 49.7 Å². The molecule has 2 saturated heterocycles. The molecule has 0 saturated carbocycles. The Hall–Kier alpha value is -0.120. The molecule has 0 aromatic rings. The van der Waals surface area contributed by atoms with Gasteiger partial charge in [0.05, 0.1) is 11.7 Å². The molecule has 2 aliphatic rings. The smallest absolute Gasteiger partial charge is 0.168 e. The molecule has 0 spiro atoms. The highest BCUT2D eigenvalue weighted by Crippen LogP contribution is 2.46. The molecule has 0 amide bonds. The number of fused-ring (bicyclic) bond motifs is 2. The summed E-state index contributed by atoms with van der Waals surface area (Å²) in [7, 11) is 0. The molecule has 2 aliphatic heterocycles. The van der Waals surface area contributed by atoms with Crippen molar-refractivity contribution in [1.82, 2.24) is 0 Å². The number of aliphatic hydroxyl groups is 2. The molecule has 3 heteroatoms. The summed E-state index contributed by atoms with van der Waals surface area (Å²) in [6, 6.07) is 0. The van der Waals surface area contributed by atoms with E-state index in [4.69, 9.17) is 4.74 Å². The van der Waals surface area contributed by atoms with Crippen molar-refractivity contribution in [3.05, 3.63) is 0 Å². The molecule has 2 heterocycles. The summed E-state index contributed by atoms with van der Waals surface area (Å²) >= 11 is 0. The van der Waals surface area contributed by atoms with Crippen LogP contribution < -0.4 is 0 Å². The van der Waals surface area contributed by atoms with Crippen LogP contribution in [0.25, 0.3) is 0 Å². The normalized spacial score (nSPS) is 53.1. The highest BCUT2D eigenvalue weighted by molar-refractivity contribution is 4.99. The van der Waals surface area contributed by atoms with Crippen molar-refractivity contribution in [3.63, 3.8) is 0 Å². The van der Waals surface area contributed by atoms with E-state index in [1.807, 2.05) is 13.8 Å². The first-order chi connectivity index (χ1) is 6.49. The molecular weight excluding hydrogens is 180 g/mol. The predicted molar refractivity (Wildman–Crippen MR) is 52.7 cm³/mol. The van der Waals surface area contributed by atoms with Crippen LogP contribution in [-0.4, -0.2) is 27.7 Å². The minimum absolute atomic E-state index is 0.0347. The van der Waals surface area contributed by atoms with Crippen molar-refractivity contribution in [2.75, 3.05) is 0 Å². The molecule has 0 aromatic heterocycles. The fourth-order valence-corrected chi connectivity index (χ4v) is 2.89. The van der Waals surface area contributed by atoms with E-state index < -0.39 is 11.4 Å². The molecule has 0 aromatic carbocycles. The Morgan fingerprint density at radius 1 is 1.43 bits per heavy atom. The minimum Gasteiger partial charge on any atom is -0.389 e. The first-order valence-corrected chi connectivity index (χ1v) is 5.62. The van der Waals surface area contributed by atoms with Crippen LogP contribution in [-0.2, 0) is 4.74 Å². The Labute approximate surface area is 85.1 Å². The maximum atomic E-state index is 10.4. The summed E-state index contributed by atoms with van der Waals surface area (Å²) in [4.78, 5) is 0. The summed E-state index contributed by atoms with van der Waals surface area (Å²) in [5, 5.41) is 20.5. The Morgan fingerprint density at radius 3 is 2.79 bits per heavy atom. The fourth-order valence-electron chi connectivity index (χ4n) is 2.89. The van der Waals surface area contributed by atoms with Crippen molar-refractivity contribution in [2.45, 2.75) is 63.4 Å². The summed E-state index contributed by atoms with van der Waals surface area (Å²) < 4.78 is 5.61. The van der Waals surface area contributed by atoms with E-state index in [0.717, 1.165) is 12.8 Å². The molecule has 0 aliphatic carbocycles. The van der Waals surface area contributed by atoms with Gasteiger partial charge >= 0.3 is 0 Å². The van der Waals surface area contributed by atoms with E-state index in [9.17, 15) is 10.2 Å². The molecule has 2 N–H and O–H groups in total. The van der Waals surface area contributed by atoms with Gasteiger partial charge in [0.25, 0.3) is 0 Å². The van der Waals surface area contributed by atoms with Gasteiger partial charge in [0, 0.05) is 18.8 Å². The monoisotopic (exact) mass is 200 g/mol. The maximum absolute atomic E-state index is 10.4. The minimum atomic E-state index is -1.06. The van der Waals surface area contributed by atoms with Gasteiger partial charge in [-0.05, 0) is 19.3 Å². The molecule has 3 nitrogen and oxygen atoms in total. The summed E-state index contributed by atoms with van der Waals surface area (Å²) in [5.41, 5.74) is -0.738. The summed E-state index contributed by atoms with van der Waals surface area (Å²) in [5.74, 6) is -0.923. The van der Waals surface area contributed by atoms with Crippen LogP contribution in [0.3, 0.4) is 0 Å². The van der Waals surface area contributed by atoms with Crippen molar-refractivity contribution >= 4 is 0 Å². The molecule has 4 atom stereocenters. The zero-order valence-corrected chi connectivity index (χ0v) is 8.99. The second-order valence-electron chi connectivity index (χ2n) is 4.92. The Kier molecular flexibility index (Phi) is 2.37. The quantitative estimate of drug-likeness (QED) is 0.673. The van der Waals surface area contributed by atoms with E-state index in [2.05, 4.69) is 0 Å². The standard InChI is InChI=1S/C11H20O3/c1-3-10(12)7-11(13)6-4-5-9(14-11)8(10)2/h8-9,12-13H,3-7H2,1-2H3/t8-,9-,10+,11+/m0/s1. The van der Waals surface area contributed by atoms with E-state index in [1.54, 1.807) is 0 Å². The number of ether oxygens (including phenoxy) is 1. The van der Waals surface area contributed by atoms with Crippen LogP contribution in [0.1, 0.15) is 46.0 Å². The molecular formula is C11H20O3. The largest absolute Gasteiger partial charge is 0.389 e. The summed E-state index contributed by atoms with van der Waals surface area (Å²) in [6.07, 6.45) is 3.73. The lowest BCUT2D eigenvalue weighted by Gasteiger charge is -2.52. The molecule has 2 rings (SSSR count). The van der Waals surface area contributed by atoms with Gasteiger partial charge in [-0.25, -0.2) is 0 Å². The number of hydrogen-bond acceptors (Lipinski definition) is 3. The van der Waals surface area contributed by atoms with Gasteiger partial charge in [-0.1, -0.05) is 13.8 Å². The lowest BCUT2D eigenvalue weighted by atomic mass is 9.71. The van der Waals surface area contributed by atoms with Crippen LogP contribution in [0.4, 0.5) is 0 Å². The van der Waals surface area contributed by atoms with Crippen molar-refractivity contribution in [3.8, 4) is 0 Å². The fraction of sp³-hybridized carbons (Fsp3) is 1.00. The highest BCUT2D eigenvalue weighted by Gasteiger charge is 2.53. The first-order valence-electron chi connectivity index (χ1n) is 5.62. The number of hydrogen-bond donors (Lipinski definition) is 2. The van der Waals surface area contributed by atoms with E-state index >= 15 is 0 Å². The summed E-state index contributed by atoms with van der Waals surface area (Å²) in [6.45, 7) is 4.00. The van der Waals surface area contributed by atoms with E-state index in [1.165, 1.54) is 0 Å². The average Bonchev–Trinajstić information content (AvgIpc) is 2.14. The SMILES string of the molecule is CC[C@@]1(O)C[C@@]2(O)CCC[C@H](O2)[C@@H]1C. The van der Waals surface area contributed by atoms with Crippen LogP contribution >= 0.6 is 0 Å². The average molecular weight is 200 g/mol. The number of rotatable bonds is 1. The lowest BCUT2D eigenvalue weighted by Crippen LogP contribution is -2.59. The van der Waals surface area contributed by atoms with E-state index in [0.29, 0.717) is 19.3 Å². The second kappa shape index (κ2) is 3.19. The Bertz CT molecular complexity index is 231. The lowest BCUT2D eigenvalue weighted by molar-refractivity contribution is -0.329. The molecule has 2 fully saturated rings. The Morgan fingerprint density at radius 2 is 2.14 bits per heavy atom. The Balaban J connectivity index is 2.24. The third-order valence-corrected chi connectivity index (χ3v) is 4.03. The van der Waals surface area contributed by atoms with Crippen LogP contribution in [0.2, 0.25) is 0 Å². The van der Waals surface area contributed by atoms with Gasteiger partial charge in [0.2, 0.25) is 0 Å². The second-order valence-corrected chi connectivity index (χ2v) is 4.92. The first kappa shape index (κ1) is 10.4. The molecule has 2 bridgehead atoms. The zero-order chi connectivity index (χ0) is 10.4. The van der Waals surface area contributed by atoms with Crippen molar-refractivity contribution in [1.29, 1.82) is 0 Å². The van der Waals surface area contributed by atoms with E-state index in [-0.39, 0.29) is 12.0 Å².